The zero-order valence-corrected chi connectivity index (χ0v) is 20.8. The molecule has 1 aliphatic carbocycles. The van der Waals surface area contributed by atoms with E-state index in [1.165, 1.54) is 0 Å². The van der Waals surface area contributed by atoms with E-state index in [4.69, 9.17) is 9.47 Å². The quantitative estimate of drug-likeness (QED) is 0.483. The van der Waals surface area contributed by atoms with Crippen LogP contribution in [0.2, 0.25) is 0 Å². The molecule has 0 amide bonds. The van der Waals surface area contributed by atoms with Gasteiger partial charge in [0.05, 0.1) is 18.1 Å². The van der Waals surface area contributed by atoms with Crippen LogP contribution in [0.15, 0.2) is 57.3 Å². The van der Waals surface area contributed by atoms with Crippen LogP contribution in [0.4, 0.5) is 0 Å². The van der Waals surface area contributed by atoms with Gasteiger partial charge in [-0.2, -0.15) is 0 Å². The molecule has 0 saturated carbocycles. The fourth-order valence-electron chi connectivity index (χ4n) is 4.27. The first-order valence-electron chi connectivity index (χ1n) is 10.8. The Morgan fingerprint density at radius 3 is 2.69 bits per heavy atom. The lowest BCUT2D eigenvalue weighted by Gasteiger charge is -2.33. The molecule has 1 aromatic carbocycles. The second-order valence-electron chi connectivity index (χ2n) is 7.96. The van der Waals surface area contributed by atoms with E-state index in [0.717, 1.165) is 49.8 Å². The maximum Gasteiger partial charge on any atom is 0.336 e. The number of Topliss-reactive ketones (excluding diaryl/α,β-unsaturated/α-hetero) is 1. The molecule has 1 aromatic heterocycles. The van der Waals surface area contributed by atoms with Crippen LogP contribution in [-0.2, 0) is 20.9 Å². The summed E-state index contributed by atoms with van der Waals surface area (Å²) in [6.07, 6.45) is 2.15. The van der Waals surface area contributed by atoms with Crippen molar-refractivity contribution in [2.45, 2.75) is 52.6 Å². The summed E-state index contributed by atoms with van der Waals surface area (Å²) >= 11 is 5.05. The molecule has 0 radical (unpaired) electrons. The molecular formula is C25H26BrNO4S. The van der Waals surface area contributed by atoms with Crippen LogP contribution in [-0.4, -0.2) is 18.4 Å². The molecule has 5 nitrogen and oxygen atoms in total. The Bertz CT molecular complexity index is 1110. The molecule has 168 valence electrons. The summed E-state index contributed by atoms with van der Waals surface area (Å²) < 4.78 is 12.4. The predicted octanol–water partition coefficient (Wildman–Crippen LogP) is 5.93. The van der Waals surface area contributed by atoms with Crippen LogP contribution in [0.1, 0.15) is 54.3 Å². The standard InChI is InChI=1S/C25H26BrNO4S/c1-4-30-25(29)22-14(2)27-19-6-5-7-20(28)23(19)24(22)21-12-16(15(3)32-21)13-31-18-10-8-17(26)9-11-18/h8-12,24,27H,4-7,13H2,1-3H3/t24-/m0/s1. The number of esters is 1. The number of aryl methyl sites for hydroxylation is 1. The van der Waals surface area contributed by atoms with Crippen molar-refractivity contribution in [3.05, 3.63) is 72.7 Å². The maximum atomic E-state index is 13.0. The van der Waals surface area contributed by atoms with Gasteiger partial charge in [0.2, 0.25) is 0 Å². The minimum atomic E-state index is -0.400. The van der Waals surface area contributed by atoms with Gasteiger partial charge in [-0.1, -0.05) is 15.9 Å². The monoisotopic (exact) mass is 515 g/mol. The highest BCUT2D eigenvalue weighted by Gasteiger charge is 2.40. The minimum Gasteiger partial charge on any atom is -0.489 e. The summed E-state index contributed by atoms with van der Waals surface area (Å²) in [5.74, 6) is 0.128. The van der Waals surface area contributed by atoms with Crippen LogP contribution in [0.3, 0.4) is 0 Å². The topological polar surface area (TPSA) is 64.6 Å². The number of hydrogen-bond acceptors (Lipinski definition) is 6. The molecule has 0 spiro atoms. The van der Waals surface area contributed by atoms with Crippen molar-refractivity contribution in [1.82, 2.24) is 5.32 Å². The summed E-state index contributed by atoms with van der Waals surface area (Å²) in [5, 5.41) is 3.32. The Labute approximate surface area is 200 Å². The van der Waals surface area contributed by atoms with E-state index in [9.17, 15) is 9.59 Å². The molecule has 0 unspecified atom stereocenters. The maximum absolute atomic E-state index is 13.0. The minimum absolute atomic E-state index is 0.108. The first-order chi connectivity index (χ1) is 15.4. The molecule has 0 saturated heterocycles. The smallest absolute Gasteiger partial charge is 0.336 e. The van der Waals surface area contributed by atoms with Crippen molar-refractivity contribution in [3.8, 4) is 5.75 Å². The molecule has 2 heterocycles. The Kier molecular flexibility index (Phi) is 6.86. The van der Waals surface area contributed by atoms with Gasteiger partial charge in [-0.3, -0.25) is 4.79 Å². The molecule has 0 bridgehead atoms. The van der Waals surface area contributed by atoms with Gasteiger partial charge in [-0.15, -0.1) is 11.3 Å². The molecule has 7 heteroatoms. The summed E-state index contributed by atoms with van der Waals surface area (Å²) in [7, 11) is 0. The molecule has 0 fully saturated rings. The van der Waals surface area contributed by atoms with Crippen molar-refractivity contribution in [2.75, 3.05) is 6.61 Å². The molecular weight excluding hydrogens is 490 g/mol. The van der Waals surface area contributed by atoms with Gasteiger partial charge < -0.3 is 14.8 Å². The number of ether oxygens (including phenoxy) is 2. The number of carbonyl (C=O) groups excluding carboxylic acids is 2. The van der Waals surface area contributed by atoms with Crippen molar-refractivity contribution < 1.29 is 19.1 Å². The Balaban J connectivity index is 1.69. The average molecular weight is 516 g/mol. The number of ketones is 1. The fraction of sp³-hybridized carbons (Fsp3) is 0.360. The number of nitrogens with one attached hydrogen (secondary N) is 1. The molecule has 1 N–H and O–H groups in total. The normalized spacial score (nSPS) is 18.4. The highest BCUT2D eigenvalue weighted by molar-refractivity contribution is 9.10. The van der Waals surface area contributed by atoms with Gasteiger partial charge in [0, 0.05) is 43.2 Å². The SMILES string of the molecule is CCOC(=O)C1=C(C)NC2=C(C(=O)CCC2)[C@H]1c1cc(COc2ccc(Br)cc2)c(C)s1. The number of rotatable bonds is 6. The van der Waals surface area contributed by atoms with E-state index in [1.54, 1.807) is 18.3 Å². The largest absolute Gasteiger partial charge is 0.489 e. The van der Waals surface area contributed by atoms with Gasteiger partial charge in [-0.05, 0) is 63.9 Å². The van der Waals surface area contributed by atoms with E-state index >= 15 is 0 Å². The first-order valence-corrected chi connectivity index (χ1v) is 12.4. The first kappa shape index (κ1) is 22.8. The molecule has 1 atom stereocenters. The van der Waals surface area contributed by atoms with Crippen molar-refractivity contribution in [3.63, 3.8) is 0 Å². The van der Waals surface area contributed by atoms with Gasteiger partial charge in [-0.25, -0.2) is 4.79 Å². The summed E-state index contributed by atoms with van der Waals surface area (Å²) in [5.41, 5.74) is 4.00. The summed E-state index contributed by atoms with van der Waals surface area (Å²) in [4.78, 5) is 28.0. The average Bonchev–Trinajstić information content (AvgIpc) is 3.13. The second kappa shape index (κ2) is 9.63. The van der Waals surface area contributed by atoms with Gasteiger partial charge in [0.25, 0.3) is 0 Å². The molecule has 2 aromatic rings. The van der Waals surface area contributed by atoms with Crippen molar-refractivity contribution >= 4 is 39.0 Å². The van der Waals surface area contributed by atoms with E-state index < -0.39 is 5.92 Å². The zero-order valence-electron chi connectivity index (χ0n) is 18.4. The van der Waals surface area contributed by atoms with Gasteiger partial charge in [0.15, 0.2) is 5.78 Å². The Morgan fingerprint density at radius 2 is 1.97 bits per heavy atom. The third kappa shape index (κ3) is 4.55. The fourth-order valence-corrected chi connectivity index (χ4v) is 5.69. The van der Waals surface area contributed by atoms with Crippen LogP contribution in [0.25, 0.3) is 0 Å². The zero-order chi connectivity index (χ0) is 22.8. The number of allylic oxidation sites excluding steroid dienone is 3. The highest BCUT2D eigenvalue weighted by atomic mass is 79.9. The second-order valence-corrected chi connectivity index (χ2v) is 10.2. The summed E-state index contributed by atoms with van der Waals surface area (Å²) in [6.45, 7) is 6.45. The highest BCUT2D eigenvalue weighted by Crippen LogP contribution is 2.45. The predicted molar refractivity (Wildman–Crippen MR) is 129 cm³/mol. The molecule has 1 aliphatic heterocycles. The number of hydrogen-bond donors (Lipinski definition) is 1. The molecule has 32 heavy (non-hydrogen) atoms. The molecule has 2 aliphatic rings. The third-order valence-corrected chi connectivity index (χ3v) is 7.49. The lowest BCUT2D eigenvalue weighted by molar-refractivity contribution is -0.138. The third-order valence-electron chi connectivity index (χ3n) is 5.80. The van der Waals surface area contributed by atoms with E-state index in [0.29, 0.717) is 24.2 Å². The number of benzene rings is 1. The lowest BCUT2D eigenvalue weighted by Crippen LogP contribution is -2.34. The van der Waals surface area contributed by atoms with Crippen LogP contribution in [0, 0.1) is 6.92 Å². The van der Waals surface area contributed by atoms with Crippen LogP contribution < -0.4 is 10.1 Å². The van der Waals surface area contributed by atoms with E-state index in [-0.39, 0.29) is 18.4 Å². The van der Waals surface area contributed by atoms with Crippen LogP contribution >= 0.6 is 27.3 Å². The van der Waals surface area contributed by atoms with E-state index in [2.05, 4.69) is 27.3 Å². The van der Waals surface area contributed by atoms with Crippen molar-refractivity contribution in [1.29, 1.82) is 0 Å². The van der Waals surface area contributed by atoms with Crippen molar-refractivity contribution in [2.24, 2.45) is 0 Å². The Morgan fingerprint density at radius 1 is 1.22 bits per heavy atom. The lowest BCUT2D eigenvalue weighted by atomic mass is 9.78. The number of dihydropyridines is 1. The number of carbonyl (C=O) groups is 2. The van der Waals surface area contributed by atoms with Crippen LogP contribution in [0.5, 0.6) is 5.75 Å². The van der Waals surface area contributed by atoms with E-state index in [1.807, 2.05) is 38.1 Å². The van der Waals surface area contributed by atoms with Gasteiger partial charge in [0.1, 0.15) is 12.4 Å². The number of thiophene rings is 1. The van der Waals surface area contributed by atoms with Gasteiger partial charge >= 0.3 is 5.97 Å². The Hall–Kier alpha value is -2.38. The number of halogens is 1. The molecule has 4 rings (SSSR count). The summed E-state index contributed by atoms with van der Waals surface area (Å²) in [6, 6.07) is 9.80.